The van der Waals surface area contributed by atoms with Gasteiger partial charge < -0.3 is 10.5 Å². The summed E-state index contributed by atoms with van der Waals surface area (Å²) < 4.78 is 5.66. The second kappa shape index (κ2) is 7.32. The Labute approximate surface area is 122 Å². The Balaban J connectivity index is 1.82. The van der Waals surface area contributed by atoms with Crippen molar-refractivity contribution in [3.8, 4) is 11.8 Å². The number of thiophene rings is 1. The molecule has 0 saturated heterocycles. The van der Waals surface area contributed by atoms with Crippen molar-refractivity contribution in [1.29, 1.82) is 0 Å². The molecule has 2 rings (SSSR count). The van der Waals surface area contributed by atoms with E-state index in [-0.39, 0.29) is 0 Å². The van der Waals surface area contributed by atoms with E-state index in [2.05, 4.69) is 11.8 Å². The maximum atomic E-state index is 5.83. The minimum Gasteiger partial charge on any atom is -0.371 e. The third-order valence-corrected chi connectivity index (χ3v) is 3.63. The van der Waals surface area contributed by atoms with E-state index in [1.54, 1.807) is 11.3 Å². The molecule has 2 N–H and O–H groups in total. The van der Waals surface area contributed by atoms with Gasteiger partial charge in [-0.25, -0.2) is 0 Å². The van der Waals surface area contributed by atoms with Crippen LogP contribution in [0.1, 0.15) is 15.3 Å². The van der Waals surface area contributed by atoms with Crippen molar-refractivity contribution >= 4 is 22.9 Å². The van der Waals surface area contributed by atoms with Crippen LogP contribution in [-0.4, -0.2) is 6.54 Å². The minimum atomic E-state index is 0.389. The zero-order valence-corrected chi connectivity index (χ0v) is 11.9. The van der Waals surface area contributed by atoms with Crippen LogP contribution in [0.4, 0.5) is 0 Å². The lowest BCUT2D eigenvalue weighted by Gasteiger charge is -2.02. The second-order valence-corrected chi connectivity index (χ2v) is 5.50. The summed E-state index contributed by atoms with van der Waals surface area (Å²) in [6.45, 7) is 1.57. The van der Waals surface area contributed by atoms with Gasteiger partial charge in [0.15, 0.2) is 0 Å². The van der Waals surface area contributed by atoms with Gasteiger partial charge in [0.05, 0.1) is 24.6 Å². The SMILES string of the molecule is NCC#Cc1ccc(COCc2ccc(Cl)cc2)s1. The van der Waals surface area contributed by atoms with E-state index in [4.69, 9.17) is 22.1 Å². The van der Waals surface area contributed by atoms with Crippen LogP contribution in [0.15, 0.2) is 36.4 Å². The summed E-state index contributed by atoms with van der Waals surface area (Å²) in [5.41, 5.74) is 6.45. The van der Waals surface area contributed by atoms with Crippen LogP contribution in [0, 0.1) is 11.8 Å². The van der Waals surface area contributed by atoms with Gasteiger partial charge in [-0.3, -0.25) is 0 Å². The molecule has 0 saturated carbocycles. The van der Waals surface area contributed by atoms with Crippen LogP contribution in [0.5, 0.6) is 0 Å². The van der Waals surface area contributed by atoms with Crippen LogP contribution in [0.25, 0.3) is 0 Å². The molecule has 0 aliphatic rings. The van der Waals surface area contributed by atoms with Gasteiger partial charge in [-0.15, -0.1) is 11.3 Å². The Kier molecular flexibility index (Phi) is 5.44. The van der Waals surface area contributed by atoms with Crippen molar-refractivity contribution in [1.82, 2.24) is 0 Å². The van der Waals surface area contributed by atoms with Gasteiger partial charge in [-0.2, -0.15) is 0 Å². The summed E-state index contributed by atoms with van der Waals surface area (Å²) in [4.78, 5) is 2.19. The molecular formula is C15H14ClNOS. The molecule has 0 aliphatic carbocycles. The Morgan fingerprint density at radius 2 is 1.89 bits per heavy atom. The fourth-order valence-corrected chi connectivity index (χ4v) is 2.46. The van der Waals surface area contributed by atoms with Gasteiger partial charge in [0, 0.05) is 9.90 Å². The Morgan fingerprint density at radius 1 is 1.11 bits per heavy atom. The lowest BCUT2D eigenvalue weighted by atomic mass is 10.2. The highest BCUT2D eigenvalue weighted by Crippen LogP contribution is 2.17. The first kappa shape index (κ1) is 14.1. The highest BCUT2D eigenvalue weighted by Gasteiger charge is 1.99. The van der Waals surface area contributed by atoms with Gasteiger partial charge in [-0.1, -0.05) is 35.6 Å². The van der Waals surface area contributed by atoms with Crippen LogP contribution in [0.2, 0.25) is 5.02 Å². The molecule has 0 aliphatic heterocycles. The van der Waals surface area contributed by atoms with Crippen molar-refractivity contribution in [2.24, 2.45) is 5.73 Å². The number of rotatable bonds is 4. The topological polar surface area (TPSA) is 35.2 Å². The van der Waals surface area contributed by atoms with Gasteiger partial charge in [0.25, 0.3) is 0 Å². The van der Waals surface area contributed by atoms with Crippen molar-refractivity contribution in [3.63, 3.8) is 0 Å². The maximum absolute atomic E-state index is 5.83. The largest absolute Gasteiger partial charge is 0.371 e. The molecule has 1 aromatic carbocycles. The average molecular weight is 292 g/mol. The molecule has 2 aromatic rings. The fourth-order valence-electron chi connectivity index (χ4n) is 1.51. The number of halogens is 1. The highest BCUT2D eigenvalue weighted by molar-refractivity contribution is 7.12. The Bertz CT molecular complexity index is 580. The summed E-state index contributed by atoms with van der Waals surface area (Å²) in [6.07, 6.45) is 0. The smallest absolute Gasteiger partial charge is 0.0814 e. The number of nitrogens with two attached hydrogens (primary N) is 1. The number of benzene rings is 1. The first-order valence-electron chi connectivity index (χ1n) is 5.88. The summed E-state index contributed by atoms with van der Waals surface area (Å²) >= 11 is 7.46. The molecule has 19 heavy (non-hydrogen) atoms. The van der Waals surface area contributed by atoms with Crippen molar-refractivity contribution < 1.29 is 4.74 Å². The zero-order valence-electron chi connectivity index (χ0n) is 10.4. The Hall–Kier alpha value is -1.31. The summed E-state index contributed by atoms with van der Waals surface area (Å²) in [6, 6.07) is 11.7. The van der Waals surface area contributed by atoms with E-state index in [0.717, 1.165) is 20.3 Å². The standard InChI is InChI=1S/C15H14ClNOS/c16-13-5-3-12(4-6-13)10-18-11-15-8-7-14(19-15)2-1-9-17/h3-8H,9-11,17H2. The Morgan fingerprint density at radius 3 is 2.63 bits per heavy atom. The molecule has 0 spiro atoms. The lowest BCUT2D eigenvalue weighted by molar-refractivity contribution is 0.109. The predicted octanol–water partition coefficient (Wildman–Crippen LogP) is 3.43. The fraction of sp³-hybridized carbons (Fsp3) is 0.200. The van der Waals surface area contributed by atoms with Gasteiger partial charge in [-0.05, 0) is 29.8 Å². The molecule has 0 fully saturated rings. The van der Waals surface area contributed by atoms with Crippen molar-refractivity contribution in [3.05, 3.63) is 56.7 Å². The molecule has 98 valence electrons. The van der Waals surface area contributed by atoms with Gasteiger partial charge >= 0.3 is 0 Å². The zero-order chi connectivity index (χ0) is 13.5. The molecule has 2 nitrogen and oxygen atoms in total. The van der Waals surface area contributed by atoms with Gasteiger partial charge in [0.2, 0.25) is 0 Å². The van der Waals surface area contributed by atoms with Gasteiger partial charge in [0.1, 0.15) is 0 Å². The van der Waals surface area contributed by atoms with Crippen LogP contribution in [-0.2, 0) is 18.0 Å². The number of ether oxygens (including phenoxy) is 1. The normalized spacial score (nSPS) is 10.0. The van der Waals surface area contributed by atoms with E-state index in [1.165, 1.54) is 0 Å². The monoisotopic (exact) mass is 291 g/mol. The molecule has 4 heteroatoms. The third-order valence-electron chi connectivity index (χ3n) is 2.40. The molecular weight excluding hydrogens is 278 g/mol. The summed E-state index contributed by atoms with van der Waals surface area (Å²) in [5, 5.41) is 0.741. The van der Waals surface area contributed by atoms with E-state index >= 15 is 0 Å². The van der Waals surface area contributed by atoms with Crippen molar-refractivity contribution in [2.75, 3.05) is 6.54 Å². The highest BCUT2D eigenvalue weighted by atomic mass is 35.5. The average Bonchev–Trinajstić information content (AvgIpc) is 2.87. The quantitative estimate of drug-likeness (QED) is 0.876. The predicted molar refractivity (Wildman–Crippen MR) is 80.2 cm³/mol. The molecule has 1 heterocycles. The number of hydrogen-bond acceptors (Lipinski definition) is 3. The second-order valence-electron chi connectivity index (χ2n) is 3.89. The summed E-state index contributed by atoms with van der Waals surface area (Å²) in [5.74, 6) is 5.85. The lowest BCUT2D eigenvalue weighted by Crippen LogP contribution is -1.92. The van der Waals surface area contributed by atoms with Crippen LogP contribution in [0.3, 0.4) is 0 Å². The van der Waals surface area contributed by atoms with E-state index in [1.807, 2.05) is 36.4 Å². The third kappa shape index (κ3) is 4.70. The summed E-state index contributed by atoms with van der Waals surface area (Å²) in [7, 11) is 0. The van der Waals surface area contributed by atoms with Crippen LogP contribution >= 0.6 is 22.9 Å². The van der Waals surface area contributed by atoms with E-state index in [0.29, 0.717) is 19.8 Å². The van der Waals surface area contributed by atoms with Crippen LogP contribution < -0.4 is 5.73 Å². The molecule has 0 unspecified atom stereocenters. The molecule has 0 radical (unpaired) electrons. The number of hydrogen-bond donors (Lipinski definition) is 1. The first-order valence-corrected chi connectivity index (χ1v) is 7.07. The molecule has 0 bridgehead atoms. The minimum absolute atomic E-state index is 0.389. The molecule has 1 aromatic heterocycles. The molecule has 0 atom stereocenters. The van der Waals surface area contributed by atoms with E-state index < -0.39 is 0 Å². The maximum Gasteiger partial charge on any atom is 0.0814 e. The van der Waals surface area contributed by atoms with E-state index in [9.17, 15) is 0 Å². The first-order chi connectivity index (χ1) is 9.28. The van der Waals surface area contributed by atoms with Crippen molar-refractivity contribution in [2.45, 2.75) is 13.2 Å². The molecule has 0 amide bonds.